The number of hydrogen-bond acceptors (Lipinski definition) is 1. The molecule has 0 saturated carbocycles. The van der Waals surface area contributed by atoms with Crippen molar-refractivity contribution in [1.29, 1.82) is 0 Å². The van der Waals surface area contributed by atoms with Gasteiger partial charge in [-0.2, -0.15) is 13.2 Å². The summed E-state index contributed by atoms with van der Waals surface area (Å²) in [4.78, 5) is 0. The van der Waals surface area contributed by atoms with E-state index in [0.29, 0.717) is 6.61 Å². The highest BCUT2D eigenvalue weighted by molar-refractivity contribution is 4.79. The summed E-state index contributed by atoms with van der Waals surface area (Å²) in [7, 11) is 0. The van der Waals surface area contributed by atoms with Gasteiger partial charge in [-0.1, -0.05) is 38.2 Å². The van der Waals surface area contributed by atoms with Gasteiger partial charge in [0.2, 0.25) is 0 Å². The Morgan fingerprint density at radius 1 is 0.630 bits per heavy atom. The Bertz CT molecular complexity index is 381. The Hall–Kier alpha value is -0.790. The largest absolute Gasteiger partial charge is 0.394 e. The minimum Gasteiger partial charge on any atom is -0.381 e. The molecule has 0 aliphatic heterocycles. The maximum Gasteiger partial charge on any atom is 0.394 e. The molecule has 0 aromatic heterocycles. The van der Waals surface area contributed by atoms with Crippen LogP contribution >= 0.6 is 0 Å². The molecule has 0 spiro atoms. The summed E-state index contributed by atoms with van der Waals surface area (Å²) in [6.45, 7) is 4.06. The van der Waals surface area contributed by atoms with E-state index in [0.717, 1.165) is 38.5 Å². The lowest BCUT2D eigenvalue weighted by Crippen LogP contribution is -2.33. The van der Waals surface area contributed by atoms with Crippen molar-refractivity contribution >= 4 is 0 Å². The number of unbranched alkanes of at least 4 members (excludes halogenated alkanes) is 7. The molecular formula is C19H31F7O. The lowest BCUT2D eigenvalue weighted by atomic mass is 10.0. The number of alkyl halides is 7. The van der Waals surface area contributed by atoms with Crippen LogP contribution in [0.3, 0.4) is 0 Å². The number of hydrogen-bond donors (Lipinski definition) is 0. The third-order valence-corrected chi connectivity index (χ3v) is 4.00. The van der Waals surface area contributed by atoms with Crippen molar-refractivity contribution in [2.75, 3.05) is 13.2 Å². The fourth-order valence-corrected chi connectivity index (χ4v) is 2.73. The molecule has 1 nitrogen and oxygen atoms in total. The van der Waals surface area contributed by atoms with Gasteiger partial charge >= 0.3 is 6.18 Å². The van der Waals surface area contributed by atoms with Crippen LogP contribution in [-0.4, -0.2) is 31.2 Å². The van der Waals surface area contributed by atoms with E-state index in [2.05, 4.69) is 6.58 Å². The Labute approximate surface area is 157 Å². The molecule has 0 amide bonds. The molecule has 0 aromatic rings. The smallest absolute Gasteiger partial charge is 0.381 e. The number of halogens is 7. The average molecular weight is 408 g/mol. The van der Waals surface area contributed by atoms with Crippen molar-refractivity contribution in [3.05, 3.63) is 12.7 Å². The summed E-state index contributed by atoms with van der Waals surface area (Å²) in [5.74, 6) is -8.31. The standard InChI is InChI=1S/C19H31F7O/c1-2-3-4-5-6-7-8-9-10-13-27-14-11-12-17(20,21)15-18(22,23)16-19(24,25)26/h2H,1,3-16H2. The van der Waals surface area contributed by atoms with Gasteiger partial charge in [-0.25, -0.2) is 17.6 Å². The lowest BCUT2D eigenvalue weighted by molar-refractivity contribution is -0.206. The second kappa shape index (κ2) is 13.4. The molecule has 0 aliphatic carbocycles. The molecule has 27 heavy (non-hydrogen) atoms. The van der Waals surface area contributed by atoms with Crippen LogP contribution in [0.5, 0.6) is 0 Å². The molecule has 0 N–H and O–H groups in total. The van der Waals surface area contributed by atoms with E-state index in [9.17, 15) is 30.7 Å². The first-order chi connectivity index (χ1) is 12.5. The zero-order valence-electron chi connectivity index (χ0n) is 15.7. The molecule has 8 heteroatoms. The van der Waals surface area contributed by atoms with Crippen molar-refractivity contribution in [1.82, 2.24) is 0 Å². The maximum atomic E-state index is 13.4. The number of ether oxygens (including phenoxy) is 1. The molecule has 0 radical (unpaired) electrons. The normalized spacial score (nSPS) is 13.1. The molecule has 0 atom stereocenters. The van der Waals surface area contributed by atoms with E-state index in [4.69, 9.17) is 4.74 Å². The molecule has 0 unspecified atom stereocenters. The van der Waals surface area contributed by atoms with Crippen LogP contribution in [0.2, 0.25) is 0 Å². The third kappa shape index (κ3) is 18.3. The minimum atomic E-state index is -5.17. The Morgan fingerprint density at radius 3 is 1.70 bits per heavy atom. The van der Waals surface area contributed by atoms with E-state index in [1.165, 1.54) is 12.8 Å². The van der Waals surface area contributed by atoms with E-state index in [1.54, 1.807) is 0 Å². The van der Waals surface area contributed by atoms with Gasteiger partial charge in [-0.15, -0.1) is 6.58 Å². The van der Waals surface area contributed by atoms with E-state index >= 15 is 0 Å². The first-order valence-corrected chi connectivity index (χ1v) is 9.48. The van der Waals surface area contributed by atoms with Crippen molar-refractivity contribution < 1.29 is 35.5 Å². The van der Waals surface area contributed by atoms with Crippen LogP contribution in [0, 0.1) is 0 Å². The molecule has 0 heterocycles. The van der Waals surface area contributed by atoms with Crippen LogP contribution in [0.15, 0.2) is 12.7 Å². The van der Waals surface area contributed by atoms with Crippen LogP contribution in [0.1, 0.15) is 77.0 Å². The van der Waals surface area contributed by atoms with Gasteiger partial charge in [-0.05, 0) is 25.7 Å². The summed E-state index contributed by atoms with van der Waals surface area (Å²) in [5, 5.41) is 0. The Balaban J connectivity index is 3.64. The first-order valence-electron chi connectivity index (χ1n) is 9.48. The second-order valence-corrected chi connectivity index (χ2v) is 6.95. The van der Waals surface area contributed by atoms with Crippen molar-refractivity contribution in [3.63, 3.8) is 0 Å². The predicted octanol–water partition coefficient (Wildman–Crippen LogP) is 7.70. The monoisotopic (exact) mass is 408 g/mol. The molecule has 0 aliphatic rings. The summed E-state index contributed by atoms with van der Waals surface area (Å²) < 4.78 is 94.0. The SMILES string of the molecule is C=CCCCCCCCCCOCCCC(F)(F)CC(F)(F)CC(F)(F)F. The van der Waals surface area contributed by atoms with Gasteiger partial charge in [0, 0.05) is 19.6 Å². The van der Waals surface area contributed by atoms with Crippen molar-refractivity contribution in [2.45, 2.75) is 95.1 Å². The molecule has 162 valence electrons. The van der Waals surface area contributed by atoms with Crippen LogP contribution in [0.4, 0.5) is 30.7 Å². The summed E-state index contributed by atoms with van der Waals surface area (Å²) in [5.41, 5.74) is 0. The lowest BCUT2D eigenvalue weighted by Gasteiger charge is -2.24. The van der Waals surface area contributed by atoms with E-state index in [1.807, 2.05) is 6.08 Å². The summed E-state index contributed by atoms with van der Waals surface area (Å²) in [6.07, 6.45) is -0.452. The number of allylic oxidation sites excluding steroid dienone is 1. The van der Waals surface area contributed by atoms with Gasteiger partial charge in [0.05, 0.1) is 6.42 Å². The van der Waals surface area contributed by atoms with Crippen molar-refractivity contribution in [3.8, 4) is 0 Å². The first kappa shape index (κ1) is 26.2. The quantitative estimate of drug-likeness (QED) is 0.136. The predicted molar refractivity (Wildman–Crippen MR) is 92.4 cm³/mol. The van der Waals surface area contributed by atoms with Gasteiger partial charge in [-0.3, -0.25) is 0 Å². The van der Waals surface area contributed by atoms with E-state index < -0.39 is 37.3 Å². The minimum absolute atomic E-state index is 0.0119. The summed E-state index contributed by atoms with van der Waals surface area (Å²) in [6, 6.07) is 0. The Morgan fingerprint density at radius 2 is 1.15 bits per heavy atom. The molecule has 0 rings (SSSR count). The fraction of sp³-hybridized carbons (Fsp3) is 0.895. The topological polar surface area (TPSA) is 9.23 Å². The fourth-order valence-electron chi connectivity index (χ4n) is 2.73. The molecule has 0 bridgehead atoms. The highest BCUT2D eigenvalue weighted by Gasteiger charge is 2.49. The van der Waals surface area contributed by atoms with Gasteiger partial charge in [0.15, 0.2) is 0 Å². The van der Waals surface area contributed by atoms with Gasteiger partial charge in [0.25, 0.3) is 11.8 Å². The number of rotatable bonds is 17. The molecule has 0 saturated heterocycles. The van der Waals surface area contributed by atoms with Crippen molar-refractivity contribution in [2.24, 2.45) is 0 Å². The maximum absolute atomic E-state index is 13.4. The van der Waals surface area contributed by atoms with Gasteiger partial charge in [0.1, 0.15) is 6.42 Å². The molecular weight excluding hydrogens is 377 g/mol. The average Bonchev–Trinajstić information content (AvgIpc) is 2.48. The second-order valence-electron chi connectivity index (χ2n) is 6.95. The van der Waals surface area contributed by atoms with Gasteiger partial charge < -0.3 is 4.74 Å². The molecule has 0 fully saturated rings. The molecule has 0 aromatic carbocycles. The zero-order valence-corrected chi connectivity index (χ0v) is 15.7. The van der Waals surface area contributed by atoms with Crippen LogP contribution in [0.25, 0.3) is 0 Å². The van der Waals surface area contributed by atoms with Crippen LogP contribution in [-0.2, 0) is 4.74 Å². The zero-order chi connectivity index (χ0) is 20.8. The Kier molecular flexibility index (Phi) is 13.0. The third-order valence-electron chi connectivity index (χ3n) is 4.00. The summed E-state index contributed by atoms with van der Waals surface area (Å²) >= 11 is 0. The van der Waals surface area contributed by atoms with Crippen LogP contribution < -0.4 is 0 Å². The van der Waals surface area contributed by atoms with E-state index in [-0.39, 0.29) is 13.0 Å². The highest BCUT2D eigenvalue weighted by Crippen LogP contribution is 2.40. The highest BCUT2D eigenvalue weighted by atomic mass is 19.4.